The predicted octanol–water partition coefficient (Wildman–Crippen LogP) is 18.0. The van der Waals surface area contributed by atoms with Crippen LogP contribution in [0.15, 0.2) is 279 Å². The third kappa shape index (κ3) is 11.1. The van der Waals surface area contributed by atoms with Crippen LogP contribution in [-0.2, 0) is 0 Å². The highest BCUT2D eigenvalue weighted by Crippen LogP contribution is 2.36. The molecule has 2 nitrogen and oxygen atoms in total. The van der Waals surface area contributed by atoms with Crippen molar-refractivity contribution in [2.24, 2.45) is 0 Å². The molecule has 0 N–H and O–H groups in total. The summed E-state index contributed by atoms with van der Waals surface area (Å²) in [5.41, 5.74) is 16.4. The molecule has 0 aromatic heterocycles. The summed E-state index contributed by atoms with van der Waals surface area (Å²) in [5, 5.41) is 0. The standard InChI is InChI=1S/C52H40N2.C12H10/c1-5-13-47(14-6-1)53(48-15-7-2-8-16-48)51-37-29-43(30-38-51)23-21-41-25-33-45(34-26-41)46-35-27-42(28-36-46)22-24-44-31-39-52(40-32-44)54(49-17-9-3-10-18-49)50-19-11-4-12-20-50;1-3-7-11(8-4-1)12-9-5-2-6-10-12/h1-40H;1-10H. The number of anilines is 6. The van der Waals surface area contributed by atoms with Gasteiger partial charge >= 0.3 is 0 Å². The number of nitrogens with zero attached hydrogens (tertiary/aromatic N) is 2. The summed E-state index contributed by atoms with van der Waals surface area (Å²) in [6.07, 6.45) is 8.69. The van der Waals surface area contributed by atoms with Gasteiger partial charge in [0.25, 0.3) is 0 Å². The Morgan fingerprint density at radius 3 is 0.591 bits per heavy atom. The van der Waals surface area contributed by atoms with Crippen LogP contribution in [0.4, 0.5) is 34.1 Å². The van der Waals surface area contributed by atoms with E-state index < -0.39 is 0 Å². The smallest absolute Gasteiger partial charge is 0.0462 e. The minimum absolute atomic E-state index is 1.12. The molecule has 0 saturated carbocycles. The summed E-state index contributed by atoms with van der Waals surface area (Å²) in [6.45, 7) is 0. The van der Waals surface area contributed by atoms with Crippen molar-refractivity contribution in [3.05, 3.63) is 301 Å². The van der Waals surface area contributed by atoms with E-state index in [1.165, 1.54) is 33.4 Å². The molecule has 316 valence electrons. The summed E-state index contributed by atoms with van der Waals surface area (Å²) in [7, 11) is 0. The fourth-order valence-electron chi connectivity index (χ4n) is 7.89. The van der Waals surface area contributed by atoms with Crippen molar-refractivity contribution in [2.75, 3.05) is 9.80 Å². The minimum atomic E-state index is 1.12. The lowest BCUT2D eigenvalue weighted by atomic mass is 10.0. The van der Waals surface area contributed by atoms with E-state index in [9.17, 15) is 0 Å². The summed E-state index contributed by atoms with van der Waals surface area (Å²) in [6, 6.07) is 97.7. The van der Waals surface area contributed by atoms with Crippen molar-refractivity contribution in [1.82, 2.24) is 0 Å². The first-order valence-electron chi connectivity index (χ1n) is 22.4. The Labute approximate surface area is 390 Å². The molecule has 0 radical (unpaired) electrons. The van der Waals surface area contributed by atoms with Crippen molar-refractivity contribution in [3.63, 3.8) is 0 Å². The van der Waals surface area contributed by atoms with E-state index >= 15 is 0 Å². The lowest BCUT2D eigenvalue weighted by molar-refractivity contribution is 1.28. The quantitative estimate of drug-likeness (QED) is 0.113. The monoisotopic (exact) mass is 846 g/mol. The highest BCUT2D eigenvalue weighted by molar-refractivity contribution is 5.80. The molecule has 0 amide bonds. The molecule has 10 aromatic carbocycles. The second-order valence-electron chi connectivity index (χ2n) is 15.8. The van der Waals surface area contributed by atoms with Crippen molar-refractivity contribution in [1.29, 1.82) is 0 Å². The molecule has 0 unspecified atom stereocenters. The highest BCUT2D eigenvalue weighted by atomic mass is 15.1. The summed E-state index contributed by atoms with van der Waals surface area (Å²) >= 11 is 0. The van der Waals surface area contributed by atoms with E-state index in [-0.39, 0.29) is 0 Å². The van der Waals surface area contributed by atoms with Gasteiger partial charge in [-0.25, -0.2) is 0 Å². The first kappa shape index (κ1) is 42.6. The van der Waals surface area contributed by atoms with Crippen molar-refractivity contribution in [3.8, 4) is 22.3 Å². The van der Waals surface area contributed by atoms with Gasteiger partial charge in [0.05, 0.1) is 0 Å². The zero-order chi connectivity index (χ0) is 44.6. The van der Waals surface area contributed by atoms with E-state index in [2.05, 4.69) is 301 Å². The van der Waals surface area contributed by atoms with E-state index in [1.54, 1.807) is 0 Å². The zero-order valence-corrected chi connectivity index (χ0v) is 36.8. The Bertz CT molecular complexity index is 2750. The minimum Gasteiger partial charge on any atom is -0.311 e. The molecule has 0 aliphatic heterocycles. The van der Waals surface area contributed by atoms with Gasteiger partial charge in [-0.05, 0) is 117 Å². The largest absolute Gasteiger partial charge is 0.311 e. The maximum atomic E-state index is 2.28. The third-order valence-electron chi connectivity index (χ3n) is 11.3. The summed E-state index contributed by atoms with van der Waals surface area (Å²) < 4.78 is 0. The number of benzene rings is 10. The zero-order valence-electron chi connectivity index (χ0n) is 36.8. The Morgan fingerprint density at radius 2 is 0.348 bits per heavy atom. The van der Waals surface area contributed by atoms with Gasteiger partial charge < -0.3 is 9.80 Å². The highest BCUT2D eigenvalue weighted by Gasteiger charge is 2.13. The van der Waals surface area contributed by atoms with Crippen molar-refractivity contribution >= 4 is 58.4 Å². The normalized spacial score (nSPS) is 10.9. The molecule has 0 aliphatic carbocycles. The van der Waals surface area contributed by atoms with Gasteiger partial charge in [0.2, 0.25) is 0 Å². The molecule has 0 saturated heterocycles. The average Bonchev–Trinajstić information content (AvgIpc) is 3.41. The predicted molar refractivity (Wildman–Crippen MR) is 284 cm³/mol. The molecule has 0 heterocycles. The fraction of sp³-hybridized carbons (Fsp3) is 0. The topological polar surface area (TPSA) is 6.48 Å². The second kappa shape index (κ2) is 21.6. The van der Waals surface area contributed by atoms with Gasteiger partial charge in [-0.2, -0.15) is 0 Å². The molecule has 10 aromatic rings. The SMILES string of the molecule is C(=Cc1ccc(N(c2ccccc2)c2ccccc2)cc1)c1ccc(-c2ccc(C=Cc3ccc(N(c4ccccc4)c4ccccc4)cc3)cc2)cc1.c1ccc(-c2ccccc2)cc1. The molecule has 2 heteroatoms. The molecule has 10 rings (SSSR count). The van der Waals surface area contributed by atoms with Gasteiger partial charge in [-0.15, -0.1) is 0 Å². The maximum absolute atomic E-state index is 2.28. The third-order valence-corrected chi connectivity index (χ3v) is 11.3. The van der Waals surface area contributed by atoms with Gasteiger partial charge in [-0.1, -0.05) is 231 Å². The number of hydrogen-bond acceptors (Lipinski definition) is 2. The van der Waals surface area contributed by atoms with Crippen LogP contribution in [0.3, 0.4) is 0 Å². The first-order chi connectivity index (χ1) is 32.7. The molecule has 0 spiro atoms. The summed E-state index contributed by atoms with van der Waals surface area (Å²) in [4.78, 5) is 4.56. The molecule has 0 bridgehead atoms. The molecular formula is C64H50N2. The number of para-hydroxylation sites is 4. The van der Waals surface area contributed by atoms with Crippen LogP contribution in [0.1, 0.15) is 22.3 Å². The average molecular weight is 847 g/mol. The van der Waals surface area contributed by atoms with Crippen LogP contribution in [0.2, 0.25) is 0 Å². The van der Waals surface area contributed by atoms with E-state index in [4.69, 9.17) is 0 Å². The van der Waals surface area contributed by atoms with E-state index in [1.807, 2.05) is 12.1 Å². The molecule has 0 atom stereocenters. The number of rotatable bonds is 12. The number of hydrogen-bond donors (Lipinski definition) is 0. The van der Waals surface area contributed by atoms with E-state index in [0.29, 0.717) is 0 Å². The van der Waals surface area contributed by atoms with Gasteiger partial charge in [0.1, 0.15) is 0 Å². The molecule has 66 heavy (non-hydrogen) atoms. The van der Waals surface area contributed by atoms with Gasteiger partial charge in [-0.3, -0.25) is 0 Å². The molecular weight excluding hydrogens is 797 g/mol. The van der Waals surface area contributed by atoms with Crippen LogP contribution in [0.25, 0.3) is 46.6 Å². The fourth-order valence-corrected chi connectivity index (χ4v) is 7.89. The van der Waals surface area contributed by atoms with Crippen LogP contribution in [0, 0.1) is 0 Å². The van der Waals surface area contributed by atoms with Gasteiger partial charge in [0.15, 0.2) is 0 Å². The second-order valence-corrected chi connectivity index (χ2v) is 15.8. The Hall–Kier alpha value is -8.72. The van der Waals surface area contributed by atoms with Crippen LogP contribution in [-0.4, -0.2) is 0 Å². The van der Waals surface area contributed by atoms with E-state index in [0.717, 1.165) is 45.3 Å². The Kier molecular flexibility index (Phi) is 13.9. The van der Waals surface area contributed by atoms with Crippen LogP contribution in [0.5, 0.6) is 0 Å². The Morgan fingerprint density at radius 1 is 0.167 bits per heavy atom. The maximum Gasteiger partial charge on any atom is 0.0462 e. The molecule has 0 aliphatic rings. The van der Waals surface area contributed by atoms with Crippen LogP contribution >= 0.6 is 0 Å². The lowest BCUT2D eigenvalue weighted by Crippen LogP contribution is -2.09. The summed E-state index contributed by atoms with van der Waals surface area (Å²) in [5.74, 6) is 0. The molecule has 0 fully saturated rings. The van der Waals surface area contributed by atoms with Crippen molar-refractivity contribution in [2.45, 2.75) is 0 Å². The Balaban J connectivity index is 0.000000394. The van der Waals surface area contributed by atoms with Gasteiger partial charge in [0, 0.05) is 34.1 Å². The first-order valence-corrected chi connectivity index (χ1v) is 22.4. The van der Waals surface area contributed by atoms with Crippen LogP contribution < -0.4 is 9.80 Å². The lowest BCUT2D eigenvalue weighted by Gasteiger charge is -2.25. The van der Waals surface area contributed by atoms with Crippen molar-refractivity contribution < 1.29 is 0 Å².